The molecule has 1 aliphatic rings. The van der Waals surface area contributed by atoms with Crippen LogP contribution >= 0.6 is 0 Å². The van der Waals surface area contributed by atoms with Gasteiger partial charge in [-0.25, -0.2) is 0 Å². The Morgan fingerprint density at radius 2 is 1.60 bits per heavy atom. The first kappa shape index (κ1) is 14.8. The van der Waals surface area contributed by atoms with Gasteiger partial charge in [0.2, 0.25) is 0 Å². The predicted octanol–water partition coefficient (Wildman–Crippen LogP) is 4.73. The maximum absolute atomic E-state index is 12.5. The van der Waals surface area contributed by atoms with Crippen LogP contribution in [0.2, 0.25) is 0 Å². The zero-order valence-corrected chi connectivity index (χ0v) is 11.1. The topological polar surface area (TPSA) is 17.1 Å². The summed E-state index contributed by atoms with van der Waals surface area (Å²) >= 11 is 0. The number of allylic oxidation sites excluding steroid dienone is 2. The Bertz CT molecular complexity index is 465. The Kier molecular flexibility index (Phi) is 4.63. The minimum Gasteiger partial charge on any atom is -0.299 e. The number of benzene rings is 1. The number of carbonyl (C=O) groups excluding carboxylic acids is 1. The van der Waals surface area contributed by atoms with Gasteiger partial charge in [-0.15, -0.1) is 0 Å². The number of alkyl halides is 3. The lowest BCUT2D eigenvalue weighted by Crippen LogP contribution is -2.12. The third-order valence-electron chi connectivity index (χ3n) is 3.94. The van der Waals surface area contributed by atoms with E-state index >= 15 is 0 Å². The molecule has 4 heteroatoms. The van der Waals surface area contributed by atoms with Crippen molar-refractivity contribution in [1.82, 2.24) is 0 Å². The first-order chi connectivity index (χ1) is 9.50. The molecule has 1 saturated carbocycles. The largest absolute Gasteiger partial charge is 0.416 e. The fourth-order valence-corrected chi connectivity index (χ4v) is 2.79. The molecule has 1 aliphatic carbocycles. The van der Waals surface area contributed by atoms with Crippen LogP contribution in [0.4, 0.5) is 13.2 Å². The van der Waals surface area contributed by atoms with Gasteiger partial charge in [-0.3, -0.25) is 4.79 Å². The van der Waals surface area contributed by atoms with Crippen molar-refractivity contribution in [3.8, 4) is 0 Å². The minimum atomic E-state index is -4.27. The molecule has 1 aromatic rings. The monoisotopic (exact) mass is 282 g/mol. The van der Waals surface area contributed by atoms with Crippen LogP contribution in [0.5, 0.6) is 0 Å². The highest BCUT2D eigenvalue weighted by Gasteiger charge is 2.30. The van der Waals surface area contributed by atoms with Crippen LogP contribution in [-0.4, -0.2) is 6.29 Å². The summed E-state index contributed by atoms with van der Waals surface area (Å²) in [6, 6.07) is 5.51. The van der Waals surface area contributed by atoms with Crippen LogP contribution in [0.3, 0.4) is 0 Å². The summed E-state index contributed by atoms with van der Waals surface area (Å²) in [6.45, 7) is 0. The molecule has 0 heterocycles. The second-order valence-corrected chi connectivity index (χ2v) is 5.25. The van der Waals surface area contributed by atoms with Crippen LogP contribution in [0, 0.1) is 5.92 Å². The fraction of sp³-hybridized carbons (Fsp3) is 0.438. The molecule has 0 atom stereocenters. The van der Waals surface area contributed by atoms with Crippen LogP contribution in [-0.2, 0) is 11.0 Å². The molecular formula is C16H17F3O. The van der Waals surface area contributed by atoms with Crippen molar-refractivity contribution >= 4 is 6.29 Å². The van der Waals surface area contributed by atoms with Crippen LogP contribution in [0.1, 0.15) is 42.7 Å². The van der Waals surface area contributed by atoms with Gasteiger partial charge < -0.3 is 0 Å². The van der Waals surface area contributed by atoms with E-state index in [-0.39, 0.29) is 0 Å². The molecule has 0 bridgehead atoms. The highest BCUT2D eigenvalue weighted by Crippen LogP contribution is 2.37. The summed E-state index contributed by atoms with van der Waals surface area (Å²) in [5.41, 5.74) is 0.389. The molecule has 108 valence electrons. The maximum atomic E-state index is 12.5. The van der Waals surface area contributed by atoms with Gasteiger partial charge in [-0.05, 0) is 61.3 Å². The number of aldehydes is 1. The predicted molar refractivity (Wildman–Crippen MR) is 71.3 cm³/mol. The molecule has 0 saturated heterocycles. The molecule has 0 aliphatic heterocycles. The Morgan fingerprint density at radius 3 is 2.10 bits per heavy atom. The Labute approximate surface area is 116 Å². The average molecular weight is 282 g/mol. The van der Waals surface area contributed by atoms with E-state index in [1.54, 1.807) is 12.1 Å². The second kappa shape index (κ2) is 6.25. The maximum Gasteiger partial charge on any atom is 0.416 e. The molecule has 20 heavy (non-hydrogen) atoms. The van der Waals surface area contributed by atoms with Gasteiger partial charge in [-0.2, -0.15) is 13.2 Å². The Hall–Kier alpha value is -1.58. The second-order valence-electron chi connectivity index (χ2n) is 5.25. The number of rotatable bonds is 3. The molecule has 0 radical (unpaired) electrons. The van der Waals surface area contributed by atoms with Gasteiger partial charge >= 0.3 is 6.18 Å². The average Bonchev–Trinajstić information content (AvgIpc) is 2.45. The smallest absolute Gasteiger partial charge is 0.299 e. The number of hydrogen-bond acceptors (Lipinski definition) is 1. The lowest BCUT2D eigenvalue weighted by Gasteiger charge is -2.27. The molecule has 0 unspecified atom stereocenters. The Morgan fingerprint density at radius 1 is 1.00 bits per heavy atom. The zero-order valence-electron chi connectivity index (χ0n) is 11.1. The van der Waals surface area contributed by atoms with E-state index in [9.17, 15) is 18.0 Å². The highest BCUT2D eigenvalue weighted by atomic mass is 19.4. The molecule has 1 nitrogen and oxygen atoms in total. The molecular weight excluding hydrogens is 265 g/mol. The molecule has 1 fully saturated rings. The lowest BCUT2D eigenvalue weighted by molar-refractivity contribution is -0.137. The van der Waals surface area contributed by atoms with Crippen molar-refractivity contribution in [1.29, 1.82) is 0 Å². The van der Waals surface area contributed by atoms with Crippen molar-refractivity contribution in [2.45, 2.75) is 37.8 Å². The van der Waals surface area contributed by atoms with Gasteiger partial charge in [0, 0.05) is 0 Å². The van der Waals surface area contributed by atoms with Crippen LogP contribution in [0.15, 0.2) is 36.4 Å². The van der Waals surface area contributed by atoms with Crippen LogP contribution < -0.4 is 0 Å². The highest BCUT2D eigenvalue weighted by molar-refractivity contribution is 5.64. The van der Waals surface area contributed by atoms with Crippen molar-refractivity contribution in [3.63, 3.8) is 0 Å². The summed E-state index contributed by atoms with van der Waals surface area (Å²) < 4.78 is 37.5. The van der Waals surface area contributed by atoms with Gasteiger partial charge in [0.25, 0.3) is 0 Å². The molecule has 0 aromatic heterocycles. The van der Waals surface area contributed by atoms with E-state index in [4.69, 9.17) is 0 Å². The van der Waals surface area contributed by atoms with E-state index in [2.05, 4.69) is 0 Å². The fourth-order valence-electron chi connectivity index (χ4n) is 2.79. The number of hydrogen-bond donors (Lipinski definition) is 0. The standard InChI is InChI=1S/C16H17F3O/c17-16(18,19)15-9-7-14(8-10-15)13-5-3-12(4-6-13)2-1-11-20/h1-2,7-13H,3-6H2/b2-1+. The first-order valence-corrected chi connectivity index (χ1v) is 6.80. The van der Waals surface area contributed by atoms with Gasteiger partial charge in [0.05, 0.1) is 5.56 Å². The van der Waals surface area contributed by atoms with Gasteiger partial charge in [-0.1, -0.05) is 18.2 Å². The first-order valence-electron chi connectivity index (χ1n) is 6.80. The summed E-state index contributed by atoms with van der Waals surface area (Å²) in [5.74, 6) is 0.754. The molecule has 1 aromatic carbocycles. The van der Waals surface area contributed by atoms with E-state index in [0.717, 1.165) is 49.7 Å². The molecule has 0 N–H and O–H groups in total. The van der Waals surface area contributed by atoms with Crippen molar-refractivity contribution in [2.24, 2.45) is 5.92 Å². The molecule has 0 amide bonds. The summed E-state index contributed by atoms with van der Waals surface area (Å²) in [4.78, 5) is 10.3. The van der Waals surface area contributed by atoms with E-state index < -0.39 is 11.7 Å². The van der Waals surface area contributed by atoms with Gasteiger partial charge in [0.1, 0.15) is 6.29 Å². The van der Waals surface area contributed by atoms with E-state index in [0.29, 0.717) is 11.8 Å². The normalized spacial score (nSPS) is 23.9. The van der Waals surface area contributed by atoms with Crippen LogP contribution in [0.25, 0.3) is 0 Å². The summed E-state index contributed by atoms with van der Waals surface area (Å²) in [7, 11) is 0. The number of halogens is 3. The summed E-state index contributed by atoms with van der Waals surface area (Å²) in [6.07, 6.45) is 3.85. The van der Waals surface area contributed by atoms with Crippen molar-refractivity contribution in [2.75, 3.05) is 0 Å². The Balaban J connectivity index is 1.97. The SMILES string of the molecule is O=C/C=C/C1CCC(c2ccc(C(F)(F)F)cc2)CC1. The quantitative estimate of drug-likeness (QED) is 0.578. The van der Waals surface area contributed by atoms with Crippen molar-refractivity contribution < 1.29 is 18.0 Å². The summed E-state index contributed by atoms with van der Waals surface area (Å²) in [5, 5.41) is 0. The third kappa shape index (κ3) is 3.71. The molecule has 2 rings (SSSR count). The number of carbonyl (C=O) groups is 1. The van der Waals surface area contributed by atoms with Gasteiger partial charge in [0.15, 0.2) is 0 Å². The van der Waals surface area contributed by atoms with Crippen molar-refractivity contribution in [3.05, 3.63) is 47.5 Å². The van der Waals surface area contributed by atoms with E-state index in [1.807, 2.05) is 6.08 Å². The third-order valence-corrected chi connectivity index (χ3v) is 3.94. The van der Waals surface area contributed by atoms with E-state index in [1.165, 1.54) is 6.08 Å². The lowest BCUT2D eigenvalue weighted by atomic mass is 9.78. The zero-order chi connectivity index (χ0) is 14.6. The molecule has 0 spiro atoms. The minimum absolute atomic E-state index is 0.332.